The van der Waals surface area contributed by atoms with E-state index in [1.165, 1.54) is 11.1 Å². The van der Waals surface area contributed by atoms with Gasteiger partial charge >= 0.3 is 0 Å². The van der Waals surface area contributed by atoms with Crippen LogP contribution in [0.4, 0.5) is 5.69 Å². The van der Waals surface area contributed by atoms with E-state index in [0.717, 1.165) is 50.1 Å². The number of carbonyl (C=O) groups is 1. The lowest BCUT2D eigenvalue weighted by molar-refractivity contribution is -0.125. The summed E-state index contributed by atoms with van der Waals surface area (Å²) in [6.07, 6.45) is 4.95. The maximum absolute atomic E-state index is 12.8. The summed E-state index contributed by atoms with van der Waals surface area (Å²) < 4.78 is 5.42. The van der Waals surface area contributed by atoms with Crippen molar-refractivity contribution in [3.8, 4) is 5.75 Å². The Hall–Kier alpha value is -2.29. The molecule has 2 unspecified atom stereocenters. The maximum Gasteiger partial charge on any atom is 0.138 e. The molecule has 2 aromatic rings. The molecule has 1 aliphatic carbocycles. The third-order valence-corrected chi connectivity index (χ3v) is 5.70. The summed E-state index contributed by atoms with van der Waals surface area (Å²) in [6, 6.07) is 17.0. The predicted molar refractivity (Wildman–Crippen MR) is 100 cm³/mol. The molecule has 3 nitrogen and oxygen atoms in total. The first kappa shape index (κ1) is 16.2. The molecule has 1 saturated carbocycles. The number of hydrogen-bond donors (Lipinski definition) is 0. The number of hydrogen-bond acceptors (Lipinski definition) is 3. The molecule has 4 rings (SSSR count). The first-order valence-electron chi connectivity index (χ1n) is 9.29. The smallest absolute Gasteiger partial charge is 0.138 e. The predicted octanol–water partition coefficient (Wildman–Crippen LogP) is 4.56. The summed E-state index contributed by atoms with van der Waals surface area (Å²) in [5.41, 5.74) is 3.87. The number of rotatable bonds is 3. The van der Waals surface area contributed by atoms with Crippen LogP contribution in [-0.2, 0) is 11.2 Å². The lowest BCUT2D eigenvalue weighted by Gasteiger charge is -2.43. The summed E-state index contributed by atoms with van der Waals surface area (Å²) in [5, 5.41) is 0. The lowest BCUT2D eigenvalue weighted by Crippen LogP contribution is -2.42. The van der Waals surface area contributed by atoms with E-state index in [1.807, 2.05) is 12.1 Å². The van der Waals surface area contributed by atoms with Gasteiger partial charge in [0.15, 0.2) is 0 Å². The first-order valence-corrected chi connectivity index (χ1v) is 9.29. The van der Waals surface area contributed by atoms with Gasteiger partial charge in [0.25, 0.3) is 0 Å². The topological polar surface area (TPSA) is 29.5 Å². The van der Waals surface area contributed by atoms with Crippen molar-refractivity contribution < 1.29 is 9.53 Å². The fraction of sp³-hybridized carbons (Fsp3) is 0.409. The molecule has 0 bridgehead atoms. The van der Waals surface area contributed by atoms with E-state index in [-0.39, 0.29) is 12.0 Å². The normalized spacial score (nSPS) is 23.2. The fourth-order valence-corrected chi connectivity index (χ4v) is 4.45. The summed E-state index contributed by atoms with van der Waals surface area (Å²) in [7, 11) is 1.70. The van der Waals surface area contributed by atoms with Crippen molar-refractivity contribution in [3.05, 3.63) is 59.7 Å². The van der Waals surface area contributed by atoms with Gasteiger partial charge in [-0.3, -0.25) is 4.79 Å². The fourth-order valence-electron chi connectivity index (χ4n) is 4.45. The summed E-state index contributed by atoms with van der Waals surface area (Å²) in [6.45, 7) is 0.943. The molecule has 0 radical (unpaired) electrons. The third kappa shape index (κ3) is 3.04. The standard InChI is InChI=1S/C22H25NO2/c1-25-18-9-6-8-17(15-18)23-14-13-16-7-2-3-10-19(16)22(23)20-11-4-5-12-21(20)24/h2-3,6-10,15,20,22H,4-5,11-14H2,1H3. The number of ether oxygens (including phenoxy) is 1. The van der Waals surface area contributed by atoms with Gasteiger partial charge in [0.2, 0.25) is 0 Å². The minimum Gasteiger partial charge on any atom is -0.497 e. The highest BCUT2D eigenvalue weighted by atomic mass is 16.5. The highest BCUT2D eigenvalue weighted by Gasteiger charge is 2.38. The summed E-state index contributed by atoms with van der Waals surface area (Å²) in [4.78, 5) is 15.2. The Morgan fingerprint density at radius 3 is 2.76 bits per heavy atom. The number of nitrogens with zero attached hydrogens (tertiary/aromatic N) is 1. The van der Waals surface area contributed by atoms with Gasteiger partial charge in [-0.05, 0) is 42.5 Å². The van der Waals surface area contributed by atoms with E-state index in [9.17, 15) is 4.79 Å². The molecule has 2 atom stereocenters. The van der Waals surface area contributed by atoms with Gasteiger partial charge in [-0.25, -0.2) is 0 Å². The van der Waals surface area contributed by atoms with Crippen LogP contribution < -0.4 is 9.64 Å². The zero-order valence-corrected chi connectivity index (χ0v) is 14.8. The highest BCUT2D eigenvalue weighted by molar-refractivity contribution is 5.83. The van der Waals surface area contributed by atoms with Gasteiger partial charge in [-0.15, -0.1) is 0 Å². The number of fused-ring (bicyclic) bond motifs is 1. The van der Waals surface area contributed by atoms with Crippen LogP contribution in [0.15, 0.2) is 48.5 Å². The van der Waals surface area contributed by atoms with E-state index in [4.69, 9.17) is 4.74 Å². The summed E-state index contributed by atoms with van der Waals surface area (Å²) in [5.74, 6) is 1.40. The van der Waals surface area contributed by atoms with E-state index in [0.29, 0.717) is 5.78 Å². The van der Waals surface area contributed by atoms with Crippen molar-refractivity contribution >= 4 is 11.5 Å². The largest absolute Gasteiger partial charge is 0.497 e. The Morgan fingerprint density at radius 2 is 1.92 bits per heavy atom. The van der Waals surface area contributed by atoms with Crippen molar-refractivity contribution in [1.29, 1.82) is 0 Å². The lowest BCUT2D eigenvalue weighted by atomic mass is 9.76. The van der Waals surface area contributed by atoms with Crippen LogP contribution in [0, 0.1) is 5.92 Å². The zero-order valence-electron chi connectivity index (χ0n) is 14.8. The van der Waals surface area contributed by atoms with Crippen LogP contribution in [0.5, 0.6) is 5.75 Å². The van der Waals surface area contributed by atoms with Gasteiger partial charge in [-0.1, -0.05) is 36.8 Å². The van der Waals surface area contributed by atoms with Crippen molar-refractivity contribution in [2.45, 2.75) is 38.1 Å². The number of ketones is 1. The molecule has 0 saturated heterocycles. The Balaban J connectivity index is 1.78. The number of methoxy groups -OCH3 is 1. The Morgan fingerprint density at radius 1 is 1.04 bits per heavy atom. The molecule has 130 valence electrons. The molecule has 0 N–H and O–H groups in total. The first-order chi connectivity index (χ1) is 12.3. The van der Waals surface area contributed by atoms with Gasteiger partial charge < -0.3 is 9.64 Å². The monoisotopic (exact) mass is 335 g/mol. The minimum atomic E-state index is 0.0985. The van der Waals surface area contributed by atoms with Crippen LogP contribution >= 0.6 is 0 Å². The van der Waals surface area contributed by atoms with Crippen LogP contribution in [0.2, 0.25) is 0 Å². The van der Waals surface area contributed by atoms with Crippen molar-refractivity contribution in [2.24, 2.45) is 5.92 Å². The van der Waals surface area contributed by atoms with Gasteiger partial charge in [0.05, 0.1) is 13.2 Å². The molecule has 2 aromatic carbocycles. The Kier molecular flexibility index (Phi) is 4.48. The molecule has 3 heteroatoms. The van der Waals surface area contributed by atoms with Crippen LogP contribution in [0.25, 0.3) is 0 Å². The number of anilines is 1. The third-order valence-electron chi connectivity index (χ3n) is 5.70. The minimum absolute atomic E-state index is 0.0985. The zero-order chi connectivity index (χ0) is 17.2. The molecular formula is C22H25NO2. The van der Waals surface area contributed by atoms with Gasteiger partial charge in [0.1, 0.15) is 11.5 Å². The second-order valence-corrected chi connectivity index (χ2v) is 7.11. The van der Waals surface area contributed by atoms with Crippen molar-refractivity contribution in [1.82, 2.24) is 0 Å². The van der Waals surface area contributed by atoms with Gasteiger partial charge in [-0.2, -0.15) is 0 Å². The SMILES string of the molecule is COc1cccc(N2CCc3ccccc3C2C2CCCCC2=O)c1. The number of benzene rings is 2. The van der Waals surface area contributed by atoms with Crippen LogP contribution in [0.3, 0.4) is 0 Å². The summed E-state index contributed by atoms with van der Waals surface area (Å²) >= 11 is 0. The molecule has 25 heavy (non-hydrogen) atoms. The van der Waals surface area contributed by atoms with Crippen molar-refractivity contribution in [2.75, 3.05) is 18.6 Å². The number of carbonyl (C=O) groups excluding carboxylic acids is 1. The van der Waals surface area contributed by atoms with Gasteiger partial charge in [0, 0.05) is 30.6 Å². The highest BCUT2D eigenvalue weighted by Crippen LogP contribution is 2.43. The van der Waals surface area contributed by atoms with Crippen LogP contribution in [-0.4, -0.2) is 19.4 Å². The second kappa shape index (κ2) is 6.91. The van der Waals surface area contributed by atoms with Crippen molar-refractivity contribution in [3.63, 3.8) is 0 Å². The average Bonchev–Trinajstić information content (AvgIpc) is 2.68. The molecule has 1 aliphatic heterocycles. The molecule has 0 spiro atoms. The molecular weight excluding hydrogens is 310 g/mol. The Bertz CT molecular complexity index is 770. The van der Waals surface area contributed by atoms with E-state index < -0.39 is 0 Å². The van der Waals surface area contributed by atoms with Crippen LogP contribution in [0.1, 0.15) is 42.9 Å². The van der Waals surface area contributed by atoms with E-state index in [1.54, 1.807) is 7.11 Å². The quantitative estimate of drug-likeness (QED) is 0.823. The molecule has 1 fully saturated rings. The molecule has 0 aromatic heterocycles. The molecule has 0 amide bonds. The van der Waals surface area contributed by atoms with E-state index >= 15 is 0 Å². The molecule has 1 heterocycles. The number of Topliss-reactive ketones (excluding diaryl/α,β-unsaturated/α-hetero) is 1. The maximum atomic E-state index is 12.8. The van der Waals surface area contributed by atoms with E-state index in [2.05, 4.69) is 41.3 Å². The second-order valence-electron chi connectivity index (χ2n) is 7.11. The molecule has 2 aliphatic rings. The Labute approximate surface area is 149 Å². The average molecular weight is 335 g/mol.